The zero-order valence-electron chi connectivity index (χ0n) is 35.9. The van der Waals surface area contributed by atoms with Crippen LogP contribution in [0.2, 0.25) is 0 Å². The number of anilines is 2. The van der Waals surface area contributed by atoms with Crippen LogP contribution >= 0.6 is 0 Å². The predicted molar refractivity (Wildman–Crippen MR) is 139 cm³/mol. The smallest absolute Gasteiger partial charge is 0.225 e. The molecule has 0 amide bonds. The van der Waals surface area contributed by atoms with Gasteiger partial charge in [-0.1, -0.05) is 0 Å². The van der Waals surface area contributed by atoms with Crippen molar-refractivity contribution in [3.63, 3.8) is 0 Å². The molecule has 12 nitrogen and oxygen atoms in total. The van der Waals surface area contributed by atoms with Gasteiger partial charge < -0.3 is 24.5 Å². The lowest BCUT2D eigenvalue weighted by Crippen LogP contribution is -2.47. The first-order chi connectivity index (χ1) is 24.6. The molecule has 5 aromatic rings. The lowest BCUT2D eigenvalue weighted by Gasteiger charge is -2.36. The van der Waals surface area contributed by atoms with E-state index in [9.17, 15) is 0 Å². The maximum Gasteiger partial charge on any atom is 0.225 e. The molecule has 6 rings (SSSR count). The number of ether oxygens (including phenoxy) is 2. The number of benzene rings is 1. The zero-order chi connectivity index (χ0) is 40.4. The number of nitrogens with zero attached hydrogens (tertiary/aromatic N) is 8. The number of methoxy groups -OCH3 is 1. The van der Waals surface area contributed by atoms with Crippen molar-refractivity contribution in [2.45, 2.75) is 6.50 Å². The summed E-state index contributed by atoms with van der Waals surface area (Å²) in [6.45, 7) is -29.1. The van der Waals surface area contributed by atoms with Crippen LogP contribution in [-0.4, -0.2) is 87.0 Å². The molecule has 4 aromatic heterocycles. The van der Waals surface area contributed by atoms with Gasteiger partial charge in [-0.15, -0.1) is 5.10 Å². The molecule has 37 heavy (non-hydrogen) atoms. The largest absolute Gasteiger partial charge is 0.491 e. The van der Waals surface area contributed by atoms with Crippen LogP contribution in [-0.2, 0) is 11.2 Å². The molecule has 1 aromatic carbocycles. The van der Waals surface area contributed by atoms with Crippen LogP contribution in [0.3, 0.4) is 0 Å². The Labute approximate surface area is 237 Å². The van der Waals surface area contributed by atoms with Crippen LogP contribution in [0.5, 0.6) is 5.75 Å². The Balaban J connectivity index is 1.44. The fourth-order valence-electron chi connectivity index (χ4n) is 3.26. The van der Waals surface area contributed by atoms with E-state index >= 15 is 0 Å². The molecule has 12 heteroatoms. The second kappa shape index (κ2) is 10.1. The van der Waals surface area contributed by atoms with Crippen molar-refractivity contribution >= 4 is 28.3 Å². The van der Waals surface area contributed by atoms with Gasteiger partial charge in [0.05, 0.1) is 46.0 Å². The van der Waals surface area contributed by atoms with E-state index < -0.39 is 80.5 Å². The molecule has 1 aliphatic rings. The molecule has 0 radical (unpaired) electrons. The second-order valence-electron chi connectivity index (χ2n) is 7.19. The summed E-state index contributed by atoms with van der Waals surface area (Å²) in [7, 11) is 0.898. The summed E-state index contributed by atoms with van der Waals surface area (Å²) in [6.07, 6.45) is 0.604. The average molecular weight is 521 g/mol. The summed E-state index contributed by atoms with van der Waals surface area (Å²) >= 11 is 0. The molecule has 0 unspecified atom stereocenters. The maximum absolute atomic E-state index is 8.94. The molecule has 1 aliphatic heterocycles. The van der Waals surface area contributed by atoms with Gasteiger partial charge in [-0.2, -0.15) is 14.6 Å². The number of aromatic nitrogens is 6. The van der Waals surface area contributed by atoms with Crippen molar-refractivity contribution in [1.29, 1.82) is 0 Å². The molecule has 5 heterocycles. The number of piperazine rings is 1. The zero-order valence-corrected chi connectivity index (χ0v) is 18.9. The van der Waals surface area contributed by atoms with E-state index in [-0.39, 0.29) is 37.9 Å². The molecule has 0 aliphatic carbocycles. The Morgan fingerprint density at radius 1 is 1.08 bits per heavy atom. The van der Waals surface area contributed by atoms with E-state index in [0.717, 1.165) is 35.9 Å². The van der Waals surface area contributed by atoms with Crippen LogP contribution in [0.1, 0.15) is 23.3 Å². The number of rotatable bonds is 9. The summed E-state index contributed by atoms with van der Waals surface area (Å²) in [5.74, 6) is -0.651. The molecule has 0 saturated carbocycles. The number of hydrogen-bond donors (Lipinski definition) is 1. The van der Waals surface area contributed by atoms with E-state index in [1.807, 2.05) is 0 Å². The van der Waals surface area contributed by atoms with Gasteiger partial charge in [-0.3, -0.25) is 4.90 Å². The Hall–Kier alpha value is -4.16. The molecular weight excluding hydrogens is 474 g/mol. The van der Waals surface area contributed by atoms with Gasteiger partial charge in [0.25, 0.3) is 0 Å². The van der Waals surface area contributed by atoms with E-state index in [1.54, 1.807) is 6.07 Å². The van der Waals surface area contributed by atoms with Crippen LogP contribution in [0.4, 0.5) is 11.6 Å². The first-order valence-corrected chi connectivity index (χ1v) is 10.5. The third kappa shape index (κ3) is 4.68. The van der Waals surface area contributed by atoms with Gasteiger partial charge in [0.15, 0.2) is 17.1 Å². The highest BCUT2D eigenvalue weighted by atomic mass is 16.5. The average Bonchev–Trinajstić information content (AvgIpc) is 3.80. The Morgan fingerprint density at radius 2 is 1.92 bits per heavy atom. The Kier molecular flexibility index (Phi) is 3.01. The van der Waals surface area contributed by atoms with Crippen molar-refractivity contribution < 1.29 is 37.2 Å². The molecule has 0 atom stereocenters. The van der Waals surface area contributed by atoms with Gasteiger partial charge in [0.2, 0.25) is 11.8 Å². The third-order valence-electron chi connectivity index (χ3n) is 4.92. The molecule has 0 bridgehead atoms. The lowest BCUT2D eigenvalue weighted by molar-refractivity contribution is 0.146. The molecule has 0 spiro atoms. The number of hydrogen-bond acceptors (Lipinski definition) is 10. The number of nitrogen functional groups attached to an aromatic ring is 1. The van der Waals surface area contributed by atoms with Crippen LogP contribution < -0.4 is 15.4 Å². The highest BCUT2D eigenvalue weighted by Gasteiger charge is 2.20. The minimum absolute atomic E-state index is 0.0212. The quantitative estimate of drug-likeness (QED) is 0.309. The number of furan rings is 1. The fourth-order valence-corrected chi connectivity index (χ4v) is 3.26. The van der Waals surface area contributed by atoms with Crippen molar-refractivity contribution in [1.82, 2.24) is 34.3 Å². The minimum Gasteiger partial charge on any atom is -0.491 e. The van der Waals surface area contributed by atoms with Crippen LogP contribution in [0, 0.1) is 0 Å². The number of fused-ring (bicyclic) bond motifs is 3. The molecule has 2 N–H and O–H groups in total. The highest BCUT2D eigenvalue weighted by Crippen LogP contribution is 2.24. The Morgan fingerprint density at radius 3 is 2.68 bits per heavy atom. The summed E-state index contributed by atoms with van der Waals surface area (Å²) in [6, 6.07) is 6.78. The van der Waals surface area contributed by atoms with E-state index in [2.05, 4.69) is 24.9 Å². The minimum atomic E-state index is -4.06. The van der Waals surface area contributed by atoms with Crippen LogP contribution in [0.25, 0.3) is 28.3 Å². The van der Waals surface area contributed by atoms with Gasteiger partial charge >= 0.3 is 0 Å². The van der Waals surface area contributed by atoms with Gasteiger partial charge in [-0.05, 0) is 36.4 Å². The van der Waals surface area contributed by atoms with E-state index in [1.165, 1.54) is 12.3 Å². The highest BCUT2D eigenvalue weighted by molar-refractivity contribution is 5.90. The van der Waals surface area contributed by atoms with E-state index in [4.69, 9.17) is 38.2 Å². The standard InChI is InChI=1S/C25H29N9O3/c1-35-15-16-36-19-6-4-18(5-7-19)32-11-8-31(9-12-32)10-13-33-23-20(17-27-33)24-28-22(21-3-2-14-37-21)30-34(24)25(26)29-23/h2-7,14,17H,8-13,15-16H2,1H3,(H2,26,29)/i8D2,9D2,10D2,11D2,12D2,13D2,15D2,16D2,17D. The first kappa shape index (κ1) is 11.1. The van der Waals surface area contributed by atoms with Gasteiger partial charge in [-0.25, -0.2) is 9.67 Å². The monoisotopic (exact) mass is 520 g/mol. The lowest BCUT2D eigenvalue weighted by atomic mass is 10.2. The number of aryl methyl sites for hydroxylation is 1. The predicted octanol–water partition coefficient (Wildman–Crippen LogP) is 2.16. The summed E-state index contributed by atoms with van der Waals surface area (Å²) in [4.78, 5) is 7.80. The summed E-state index contributed by atoms with van der Waals surface area (Å²) < 4.78 is 162. The first-order valence-electron chi connectivity index (χ1n) is 19.0. The molecule has 1 fully saturated rings. The van der Waals surface area contributed by atoms with E-state index in [0.29, 0.717) is 0 Å². The van der Waals surface area contributed by atoms with Crippen molar-refractivity contribution in [3.05, 3.63) is 48.8 Å². The normalized spacial score (nSPS) is 28.5. The summed E-state index contributed by atoms with van der Waals surface area (Å²) in [5, 5.41) is 7.64. The van der Waals surface area contributed by atoms with Crippen molar-refractivity contribution in [2.24, 2.45) is 0 Å². The van der Waals surface area contributed by atoms with Gasteiger partial charge in [0.1, 0.15) is 12.3 Å². The fraction of sp³-hybridized carbons (Fsp3) is 0.360. The molecular formula is C25H29N9O3. The molecule has 192 valence electrons. The van der Waals surface area contributed by atoms with Crippen LogP contribution in [0.15, 0.2) is 53.3 Å². The number of nitrogens with two attached hydrogens (primary N) is 1. The van der Waals surface area contributed by atoms with Crippen molar-refractivity contribution in [3.8, 4) is 17.3 Å². The molecule has 1 saturated heterocycles. The SMILES string of the molecule is [2H]c1nn(C([2H])([2H])C([2H])([2H])N2C([2H])([2H])C([2H])([2H])N(c3ccc(OC([2H])([2H])C([2H])([2H])OC)cc3)C([2H])([2H])C2([2H])[2H])c2nc(N)n3nc(-c4ccco4)nc3c12. The van der Waals surface area contributed by atoms with Gasteiger partial charge in [0, 0.05) is 53.5 Å². The third-order valence-corrected chi connectivity index (χ3v) is 4.92. The van der Waals surface area contributed by atoms with Crippen molar-refractivity contribution in [2.75, 3.05) is 63.3 Å². The Bertz CT molecular complexity index is 2200. The maximum atomic E-state index is 8.94. The summed E-state index contributed by atoms with van der Waals surface area (Å²) in [5.41, 5.74) is 4.72. The second-order valence-corrected chi connectivity index (χ2v) is 7.19. The topological polar surface area (TPSA) is 125 Å².